The minimum atomic E-state index is -4.86. The summed E-state index contributed by atoms with van der Waals surface area (Å²) in [5.41, 5.74) is 0.151. The molecule has 0 radical (unpaired) electrons. The lowest BCUT2D eigenvalue weighted by Crippen LogP contribution is -2.44. The van der Waals surface area contributed by atoms with E-state index in [1.807, 2.05) is 0 Å². The monoisotopic (exact) mass is 479 g/mol. The maximum Gasteiger partial charge on any atom is 0.573 e. The van der Waals surface area contributed by atoms with Gasteiger partial charge in [-0.3, -0.25) is 19.4 Å². The second kappa shape index (κ2) is 9.02. The van der Waals surface area contributed by atoms with Gasteiger partial charge >= 0.3 is 17.7 Å². The number of hydrogen-bond donors (Lipinski definition) is 2. The molecule has 0 bridgehead atoms. The number of carbonyl (C=O) groups is 2. The molecule has 1 atom stereocenters. The number of aromatic amines is 1. The molecule has 3 aromatic rings. The molecule has 178 valence electrons. The predicted octanol–water partition coefficient (Wildman–Crippen LogP) is 1.57. The molecule has 1 unspecified atom stereocenters. The lowest BCUT2D eigenvalue weighted by atomic mass is 10.2. The average molecular weight is 479 g/mol. The van der Waals surface area contributed by atoms with Gasteiger partial charge < -0.3 is 9.47 Å². The van der Waals surface area contributed by atoms with Crippen molar-refractivity contribution in [2.75, 3.05) is 12.0 Å². The number of ether oxygens (including phenoxy) is 2. The molecule has 2 aromatic carbocycles. The summed E-state index contributed by atoms with van der Waals surface area (Å²) in [6.45, 7) is -0.103. The van der Waals surface area contributed by atoms with Crippen LogP contribution in [-0.2, 0) is 16.1 Å². The Kier molecular flexibility index (Phi) is 6.11. The van der Waals surface area contributed by atoms with Crippen molar-refractivity contribution < 1.29 is 41.4 Å². The highest BCUT2D eigenvalue weighted by Crippen LogP contribution is 2.28. The summed E-state index contributed by atoms with van der Waals surface area (Å²) in [5.74, 6) is -1.02. The highest BCUT2D eigenvalue weighted by Gasteiger charge is 2.40. The van der Waals surface area contributed by atoms with Crippen LogP contribution in [0.2, 0.25) is 0 Å². The zero-order chi connectivity index (χ0) is 24.5. The summed E-state index contributed by atoms with van der Waals surface area (Å²) < 4.78 is 52.1. The number of benzene rings is 2. The molecular weight excluding hydrogens is 461 g/mol. The fraction of sp³-hybridized carbons (Fsp3) is 0.238. The van der Waals surface area contributed by atoms with E-state index in [9.17, 15) is 27.6 Å². The van der Waals surface area contributed by atoms with Crippen molar-refractivity contribution in [3.8, 4) is 17.2 Å². The van der Waals surface area contributed by atoms with E-state index in [1.54, 1.807) is 24.3 Å². The average Bonchev–Trinajstić information content (AvgIpc) is 3.30. The van der Waals surface area contributed by atoms with Crippen LogP contribution in [0, 0.1) is 0 Å². The lowest BCUT2D eigenvalue weighted by Gasteiger charge is -2.16. The number of nitrogens with one attached hydrogen (secondary N) is 2. The van der Waals surface area contributed by atoms with Gasteiger partial charge in [0.2, 0.25) is 11.6 Å². The topological polar surface area (TPSA) is 118 Å². The number of imide groups is 1. The van der Waals surface area contributed by atoms with Crippen LogP contribution < -0.4 is 30.0 Å². The summed E-state index contributed by atoms with van der Waals surface area (Å²) in [7, 11) is 1.52. The van der Waals surface area contributed by atoms with Gasteiger partial charge in [-0.1, -0.05) is 0 Å². The van der Waals surface area contributed by atoms with E-state index >= 15 is 0 Å². The number of carbonyl (C=O) groups excluding carboxylic acids is 2. The van der Waals surface area contributed by atoms with Gasteiger partial charge in [-0.25, -0.2) is 9.69 Å². The number of nitrogens with zero attached hydrogens (tertiary/aromatic N) is 2. The van der Waals surface area contributed by atoms with Crippen molar-refractivity contribution in [2.24, 2.45) is 0 Å². The standard InChI is InChI=1S/C21H17F3N4O6/c1-32-14-6-4-13(5-7-14)28-17(20(31)34-26-28)11-25-16-10-18(29)27(19(16)30)12-2-8-15(9-3-12)33-21(22,23)24/h2-9,16,25H,10-11H2,1H3/p+1. The maximum absolute atomic E-state index is 12.8. The van der Waals surface area contributed by atoms with Crippen LogP contribution in [0.1, 0.15) is 12.1 Å². The molecule has 1 fully saturated rings. The minimum absolute atomic E-state index is 0.100. The first-order chi connectivity index (χ1) is 16.2. The molecule has 1 aliphatic heterocycles. The first kappa shape index (κ1) is 23.0. The van der Waals surface area contributed by atoms with Crippen molar-refractivity contribution in [3.63, 3.8) is 0 Å². The van der Waals surface area contributed by atoms with Gasteiger partial charge in [-0.05, 0) is 46.4 Å². The summed E-state index contributed by atoms with van der Waals surface area (Å²) in [6.07, 6.45) is -5.05. The van der Waals surface area contributed by atoms with Crippen molar-refractivity contribution in [1.29, 1.82) is 0 Å². The highest BCUT2D eigenvalue weighted by molar-refractivity contribution is 6.22. The number of H-pyrrole nitrogens is 1. The fourth-order valence-electron chi connectivity index (χ4n) is 3.46. The summed E-state index contributed by atoms with van der Waals surface area (Å²) in [5, 5.41) is 5.34. The van der Waals surface area contributed by atoms with Crippen LogP contribution in [0.15, 0.2) is 57.8 Å². The van der Waals surface area contributed by atoms with Crippen LogP contribution in [0.3, 0.4) is 0 Å². The van der Waals surface area contributed by atoms with E-state index in [4.69, 9.17) is 9.26 Å². The molecule has 0 aliphatic carbocycles. The Morgan fingerprint density at radius 3 is 2.35 bits per heavy atom. The van der Waals surface area contributed by atoms with E-state index in [1.165, 1.54) is 23.9 Å². The molecule has 4 rings (SSSR count). The Labute approximate surface area is 189 Å². The van der Waals surface area contributed by atoms with Crippen LogP contribution in [0.5, 0.6) is 11.5 Å². The van der Waals surface area contributed by atoms with Crippen LogP contribution in [0.4, 0.5) is 18.9 Å². The van der Waals surface area contributed by atoms with Crippen molar-refractivity contribution in [3.05, 3.63) is 64.6 Å². The van der Waals surface area contributed by atoms with Crippen LogP contribution in [0.25, 0.3) is 5.69 Å². The number of hydrogen-bond acceptors (Lipinski definition) is 7. The van der Waals surface area contributed by atoms with E-state index in [0.29, 0.717) is 11.4 Å². The molecule has 34 heavy (non-hydrogen) atoms. The maximum atomic E-state index is 12.8. The largest absolute Gasteiger partial charge is 0.573 e. The second-order valence-electron chi connectivity index (χ2n) is 7.21. The van der Waals surface area contributed by atoms with E-state index in [2.05, 4.69) is 15.3 Å². The predicted molar refractivity (Wildman–Crippen MR) is 108 cm³/mol. The number of alkyl halides is 3. The van der Waals surface area contributed by atoms with Gasteiger partial charge in [-0.15, -0.1) is 13.2 Å². The minimum Gasteiger partial charge on any atom is -0.497 e. The van der Waals surface area contributed by atoms with Gasteiger partial charge in [0.05, 0.1) is 31.8 Å². The number of aromatic nitrogens is 2. The zero-order valence-electron chi connectivity index (χ0n) is 17.6. The lowest BCUT2D eigenvalue weighted by molar-refractivity contribution is -0.677. The molecule has 2 heterocycles. The molecule has 1 aromatic heterocycles. The number of amides is 2. The van der Waals surface area contributed by atoms with Gasteiger partial charge in [-0.2, -0.15) is 0 Å². The third-order valence-corrected chi connectivity index (χ3v) is 5.06. The number of anilines is 1. The normalized spacial score (nSPS) is 16.2. The number of methoxy groups -OCH3 is 1. The van der Waals surface area contributed by atoms with Crippen molar-refractivity contribution >= 4 is 17.5 Å². The smallest absolute Gasteiger partial charge is 0.497 e. The molecular formula is C21H18F3N4O6+. The summed E-state index contributed by atoms with van der Waals surface area (Å²) >= 11 is 0. The summed E-state index contributed by atoms with van der Waals surface area (Å²) in [6, 6.07) is 10.2. The first-order valence-electron chi connectivity index (χ1n) is 9.89. The zero-order valence-corrected chi connectivity index (χ0v) is 17.6. The Morgan fingerprint density at radius 1 is 1.09 bits per heavy atom. The molecule has 1 aliphatic rings. The molecule has 10 nitrogen and oxygen atoms in total. The highest BCUT2D eigenvalue weighted by atomic mass is 19.4. The Balaban J connectivity index is 1.46. The SMILES string of the molecule is COc1ccc(-[n+]2[nH]oc(=O)c2CNC2CC(=O)N(c3ccc(OC(F)(F)F)cc3)C2=O)cc1. The van der Waals surface area contributed by atoms with E-state index in [-0.39, 0.29) is 24.3 Å². The number of rotatable bonds is 7. The van der Waals surface area contributed by atoms with Gasteiger partial charge in [0.1, 0.15) is 11.5 Å². The van der Waals surface area contributed by atoms with Crippen molar-refractivity contribution in [1.82, 2.24) is 10.6 Å². The Hall–Kier alpha value is -4.13. The van der Waals surface area contributed by atoms with Crippen LogP contribution in [-0.4, -0.2) is 36.6 Å². The Bertz CT molecular complexity index is 1250. The second-order valence-corrected chi connectivity index (χ2v) is 7.21. The molecule has 2 N–H and O–H groups in total. The molecule has 2 amide bonds. The molecule has 0 saturated carbocycles. The molecule has 13 heteroatoms. The van der Waals surface area contributed by atoms with Gasteiger partial charge in [0.15, 0.2) is 0 Å². The Morgan fingerprint density at radius 2 is 1.74 bits per heavy atom. The summed E-state index contributed by atoms with van der Waals surface area (Å²) in [4.78, 5) is 38.3. The quantitative estimate of drug-likeness (QED) is 0.390. The molecule has 1 saturated heterocycles. The first-order valence-corrected chi connectivity index (χ1v) is 9.89. The third-order valence-electron chi connectivity index (χ3n) is 5.06. The van der Waals surface area contributed by atoms with Gasteiger partial charge in [0.25, 0.3) is 5.91 Å². The van der Waals surface area contributed by atoms with E-state index in [0.717, 1.165) is 17.0 Å². The number of halogens is 3. The molecule has 0 spiro atoms. The fourth-order valence-corrected chi connectivity index (χ4v) is 3.46. The van der Waals surface area contributed by atoms with Crippen molar-refractivity contribution in [2.45, 2.75) is 25.4 Å². The van der Waals surface area contributed by atoms with E-state index < -0.39 is 35.6 Å². The van der Waals surface area contributed by atoms with Gasteiger partial charge in [0, 0.05) is 12.1 Å². The van der Waals surface area contributed by atoms with Crippen LogP contribution >= 0.6 is 0 Å². The third kappa shape index (κ3) is 4.78.